The summed E-state index contributed by atoms with van der Waals surface area (Å²) in [6, 6.07) is 7.28. The van der Waals surface area contributed by atoms with Crippen LogP contribution in [-0.4, -0.2) is 5.11 Å². The molecular formula is C12H6F4O. The zero-order valence-electron chi connectivity index (χ0n) is 8.35. The summed E-state index contributed by atoms with van der Waals surface area (Å²) in [5.74, 6) is -8.64. The highest BCUT2D eigenvalue weighted by molar-refractivity contribution is 5.71. The van der Waals surface area contributed by atoms with Crippen LogP contribution in [0.15, 0.2) is 30.3 Å². The molecule has 0 saturated heterocycles. The molecule has 88 valence electrons. The van der Waals surface area contributed by atoms with Gasteiger partial charge in [0, 0.05) is 0 Å². The van der Waals surface area contributed by atoms with E-state index in [-0.39, 0.29) is 5.56 Å². The Hall–Kier alpha value is -2.04. The molecule has 0 atom stereocenters. The first-order valence-electron chi connectivity index (χ1n) is 4.64. The second-order valence-electron chi connectivity index (χ2n) is 3.35. The van der Waals surface area contributed by atoms with E-state index in [0.29, 0.717) is 0 Å². The molecule has 0 aliphatic carbocycles. The molecule has 17 heavy (non-hydrogen) atoms. The lowest BCUT2D eigenvalue weighted by molar-refractivity contribution is 0.368. The van der Waals surface area contributed by atoms with E-state index >= 15 is 0 Å². The third-order valence-corrected chi connectivity index (χ3v) is 2.30. The summed E-state index contributed by atoms with van der Waals surface area (Å²) in [5, 5.41) is 9.32. The fraction of sp³-hybridized carbons (Fsp3) is 0. The predicted molar refractivity (Wildman–Crippen MR) is 53.4 cm³/mol. The van der Waals surface area contributed by atoms with Crippen molar-refractivity contribution in [3.63, 3.8) is 0 Å². The molecule has 0 unspecified atom stereocenters. The average molecular weight is 242 g/mol. The first-order chi connectivity index (χ1) is 8.04. The van der Waals surface area contributed by atoms with Gasteiger partial charge in [-0.25, -0.2) is 13.2 Å². The third kappa shape index (κ3) is 1.73. The lowest BCUT2D eigenvalue weighted by atomic mass is 10.0. The monoisotopic (exact) mass is 242 g/mol. The zero-order valence-corrected chi connectivity index (χ0v) is 8.35. The molecule has 0 aliphatic rings. The Kier molecular flexibility index (Phi) is 2.75. The predicted octanol–water partition coefficient (Wildman–Crippen LogP) is 3.62. The van der Waals surface area contributed by atoms with Crippen LogP contribution in [0.4, 0.5) is 17.6 Å². The number of benzene rings is 2. The minimum atomic E-state index is -2.03. The maximum absolute atomic E-state index is 13.4. The first kappa shape index (κ1) is 11.4. The molecule has 1 N–H and O–H groups in total. The van der Waals surface area contributed by atoms with Gasteiger partial charge < -0.3 is 5.11 Å². The summed E-state index contributed by atoms with van der Waals surface area (Å²) < 4.78 is 52.3. The smallest absolute Gasteiger partial charge is 0.204 e. The highest BCUT2D eigenvalue weighted by Gasteiger charge is 2.25. The second-order valence-corrected chi connectivity index (χ2v) is 3.35. The molecule has 0 saturated carbocycles. The highest BCUT2D eigenvalue weighted by Crippen LogP contribution is 2.36. The van der Waals surface area contributed by atoms with Crippen LogP contribution in [0.25, 0.3) is 11.1 Å². The molecule has 1 nitrogen and oxygen atoms in total. The molecule has 2 aromatic rings. The van der Waals surface area contributed by atoms with Crippen LogP contribution in [0.2, 0.25) is 0 Å². The van der Waals surface area contributed by atoms with Crippen molar-refractivity contribution in [2.75, 3.05) is 0 Å². The van der Waals surface area contributed by atoms with Crippen LogP contribution in [0, 0.1) is 23.3 Å². The summed E-state index contributed by atoms with van der Waals surface area (Å²) in [4.78, 5) is 0. The van der Waals surface area contributed by atoms with Gasteiger partial charge in [0.1, 0.15) is 0 Å². The van der Waals surface area contributed by atoms with Gasteiger partial charge in [-0.3, -0.25) is 0 Å². The number of hydrogen-bond donors (Lipinski definition) is 1. The summed E-state index contributed by atoms with van der Waals surface area (Å²) >= 11 is 0. The van der Waals surface area contributed by atoms with Gasteiger partial charge in [-0.2, -0.15) is 4.39 Å². The molecule has 0 heterocycles. The third-order valence-electron chi connectivity index (χ3n) is 2.30. The summed E-state index contributed by atoms with van der Waals surface area (Å²) in [5.41, 5.74) is -0.637. The Balaban J connectivity index is 2.80. The average Bonchev–Trinajstić information content (AvgIpc) is 2.36. The maximum atomic E-state index is 13.4. The number of rotatable bonds is 1. The van der Waals surface area contributed by atoms with Crippen molar-refractivity contribution >= 4 is 0 Å². The van der Waals surface area contributed by atoms with Crippen LogP contribution in [-0.2, 0) is 0 Å². The van der Waals surface area contributed by atoms with Gasteiger partial charge >= 0.3 is 0 Å². The van der Waals surface area contributed by atoms with Crippen molar-refractivity contribution in [2.45, 2.75) is 0 Å². The van der Waals surface area contributed by atoms with Gasteiger partial charge in [0.05, 0.1) is 5.56 Å². The first-order valence-corrected chi connectivity index (χ1v) is 4.64. The van der Waals surface area contributed by atoms with Crippen LogP contribution in [0.5, 0.6) is 5.75 Å². The van der Waals surface area contributed by atoms with Crippen molar-refractivity contribution in [1.29, 1.82) is 0 Å². The molecule has 2 rings (SSSR count). The second kappa shape index (κ2) is 4.08. The topological polar surface area (TPSA) is 20.2 Å². The Morgan fingerprint density at radius 2 is 1.24 bits per heavy atom. The quantitative estimate of drug-likeness (QED) is 0.460. The molecule has 0 fully saturated rings. The molecule has 0 aromatic heterocycles. The standard InChI is InChI=1S/C12H6F4O/c13-8-7(6-4-2-1-3-5-6)12(17)11(16)10(15)9(8)14/h1-5,17H. The molecule has 0 radical (unpaired) electrons. The Morgan fingerprint density at radius 1 is 0.706 bits per heavy atom. The van der Waals surface area contributed by atoms with Crippen molar-refractivity contribution in [3.8, 4) is 16.9 Å². The van der Waals surface area contributed by atoms with Crippen molar-refractivity contribution in [3.05, 3.63) is 53.6 Å². The number of aromatic hydroxyl groups is 1. The van der Waals surface area contributed by atoms with E-state index in [0.717, 1.165) is 0 Å². The lowest BCUT2D eigenvalue weighted by Gasteiger charge is -2.09. The van der Waals surface area contributed by atoms with Gasteiger partial charge in [0.2, 0.25) is 11.6 Å². The van der Waals surface area contributed by atoms with Crippen LogP contribution in [0.3, 0.4) is 0 Å². The van der Waals surface area contributed by atoms with Gasteiger partial charge in [0.25, 0.3) is 0 Å². The van der Waals surface area contributed by atoms with E-state index in [9.17, 15) is 22.7 Å². The van der Waals surface area contributed by atoms with E-state index in [2.05, 4.69) is 0 Å². The van der Waals surface area contributed by atoms with E-state index < -0.39 is 34.6 Å². The number of hydrogen-bond acceptors (Lipinski definition) is 1. The maximum Gasteiger partial charge on any atom is 0.204 e. The zero-order chi connectivity index (χ0) is 12.6. The fourth-order valence-corrected chi connectivity index (χ4v) is 1.49. The molecule has 0 spiro atoms. The van der Waals surface area contributed by atoms with E-state index in [4.69, 9.17) is 0 Å². The molecule has 0 aliphatic heterocycles. The Bertz CT molecular complexity index is 537. The fourth-order valence-electron chi connectivity index (χ4n) is 1.49. The van der Waals surface area contributed by atoms with Gasteiger partial charge in [-0.15, -0.1) is 0 Å². The largest absolute Gasteiger partial charge is 0.504 e. The summed E-state index contributed by atoms with van der Waals surface area (Å²) in [7, 11) is 0. The summed E-state index contributed by atoms with van der Waals surface area (Å²) in [6.45, 7) is 0. The molecule has 0 bridgehead atoms. The molecular weight excluding hydrogens is 236 g/mol. The Labute approximate surface area is 93.9 Å². The minimum Gasteiger partial charge on any atom is -0.504 e. The normalized spacial score (nSPS) is 10.6. The Morgan fingerprint density at radius 3 is 1.82 bits per heavy atom. The lowest BCUT2D eigenvalue weighted by Crippen LogP contribution is -1.99. The van der Waals surface area contributed by atoms with E-state index in [1.807, 2.05) is 0 Å². The van der Waals surface area contributed by atoms with Crippen LogP contribution < -0.4 is 0 Å². The van der Waals surface area contributed by atoms with Crippen molar-refractivity contribution < 1.29 is 22.7 Å². The van der Waals surface area contributed by atoms with Crippen molar-refractivity contribution in [2.24, 2.45) is 0 Å². The molecule has 2 aromatic carbocycles. The van der Waals surface area contributed by atoms with Gasteiger partial charge in [-0.05, 0) is 5.56 Å². The highest BCUT2D eigenvalue weighted by atomic mass is 19.2. The minimum absolute atomic E-state index is 0.0558. The van der Waals surface area contributed by atoms with Gasteiger partial charge in [-0.1, -0.05) is 30.3 Å². The summed E-state index contributed by atoms with van der Waals surface area (Å²) in [6.07, 6.45) is 0. The number of phenols is 1. The molecule has 5 heteroatoms. The molecule has 0 amide bonds. The SMILES string of the molecule is Oc1c(F)c(F)c(F)c(F)c1-c1ccccc1. The van der Waals surface area contributed by atoms with E-state index in [1.165, 1.54) is 24.3 Å². The van der Waals surface area contributed by atoms with Gasteiger partial charge in [0.15, 0.2) is 17.4 Å². The van der Waals surface area contributed by atoms with Crippen LogP contribution in [0.1, 0.15) is 0 Å². The van der Waals surface area contributed by atoms with Crippen LogP contribution >= 0.6 is 0 Å². The van der Waals surface area contributed by atoms with Crippen molar-refractivity contribution in [1.82, 2.24) is 0 Å². The number of halogens is 4. The number of phenolic OH excluding ortho intramolecular Hbond substituents is 1. The van der Waals surface area contributed by atoms with E-state index in [1.54, 1.807) is 6.07 Å².